The number of benzene rings is 1. The third-order valence-electron chi connectivity index (χ3n) is 5.15. The van der Waals surface area contributed by atoms with Crippen molar-refractivity contribution < 1.29 is 18.7 Å². The number of ether oxygens (including phenoxy) is 1. The number of thiophene rings is 1. The van der Waals surface area contributed by atoms with Crippen molar-refractivity contribution in [2.45, 2.75) is 13.0 Å². The van der Waals surface area contributed by atoms with Gasteiger partial charge in [0.1, 0.15) is 16.4 Å². The minimum atomic E-state index is -0.392. The molecule has 1 aliphatic rings. The van der Waals surface area contributed by atoms with Crippen LogP contribution in [0.1, 0.15) is 15.6 Å². The van der Waals surface area contributed by atoms with Crippen LogP contribution < -0.4 is 10.2 Å². The molecule has 3 aromatic heterocycles. The molecular formula is C21H21N5O4S2. The normalized spacial score (nSPS) is 16.6. The van der Waals surface area contributed by atoms with Gasteiger partial charge in [0.05, 0.1) is 22.8 Å². The minimum absolute atomic E-state index is 0.0115. The van der Waals surface area contributed by atoms with E-state index in [1.165, 1.54) is 22.7 Å². The third kappa shape index (κ3) is 3.83. The van der Waals surface area contributed by atoms with E-state index in [2.05, 4.69) is 10.3 Å². The van der Waals surface area contributed by atoms with E-state index < -0.39 is 6.04 Å². The fraction of sp³-hybridized carbons (Fsp3) is 0.333. The van der Waals surface area contributed by atoms with Gasteiger partial charge in [0, 0.05) is 33.3 Å². The smallest absolute Gasteiger partial charge is 0.265 e. The zero-order valence-electron chi connectivity index (χ0n) is 17.7. The number of nitrogens with zero attached hydrogens (tertiary/aromatic N) is 4. The Balaban J connectivity index is 1.35. The molecule has 1 unspecified atom stereocenters. The van der Waals surface area contributed by atoms with Gasteiger partial charge in [-0.2, -0.15) is 0 Å². The van der Waals surface area contributed by atoms with Crippen LogP contribution in [0.5, 0.6) is 0 Å². The third-order valence-corrected chi connectivity index (χ3v) is 7.35. The van der Waals surface area contributed by atoms with Crippen molar-refractivity contribution in [3.8, 4) is 0 Å². The van der Waals surface area contributed by atoms with E-state index in [-0.39, 0.29) is 11.8 Å². The molecule has 1 atom stereocenters. The van der Waals surface area contributed by atoms with Gasteiger partial charge in [0.2, 0.25) is 5.91 Å². The molecule has 11 heteroatoms. The maximum Gasteiger partial charge on any atom is 0.265 e. The largest absolute Gasteiger partial charge is 0.441 e. The molecule has 1 N–H and O–H groups in total. The number of rotatable bonds is 4. The highest BCUT2D eigenvalue weighted by atomic mass is 32.1. The lowest BCUT2D eigenvalue weighted by molar-refractivity contribution is -0.132. The number of morpholine rings is 1. The summed E-state index contributed by atoms with van der Waals surface area (Å²) in [5.41, 5.74) is 2.04. The molecule has 2 amide bonds. The van der Waals surface area contributed by atoms with Crippen LogP contribution >= 0.6 is 22.7 Å². The van der Waals surface area contributed by atoms with Gasteiger partial charge in [0.15, 0.2) is 16.6 Å². The molecule has 32 heavy (non-hydrogen) atoms. The molecule has 0 aliphatic carbocycles. The number of aromatic nitrogens is 2. The summed E-state index contributed by atoms with van der Waals surface area (Å²) in [4.78, 5) is 39.3. The molecule has 1 aromatic carbocycles. The van der Waals surface area contributed by atoms with Crippen molar-refractivity contribution in [2.24, 2.45) is 0 Å². The number of anilines is 2. The molecule has 4 aromatic rings. The van der Waals surface area contributed by atoms with E-state index in [0.29, 0.717) is 47.3 Å². The van der Waals surface area contributed by atoms with Gasteiger partial charge < -0.3 is 24.3 Å². The summed E-state index contributed by atoms with van der Waals surface area (Å²) in [6, 6.07) is 6.82. The van der Waals surface area contributed by atoms with Gasteiger partial charge in [0.25, 0.3) is 5.91 Å². The Hall–Kier alpha value is -3.02. The van der Waals surface area contributed by atoms with Crippen molar-refractivity contribution >= 4 is 65.9 Å². The van der Waals surface area contributed by atoms with Crippen LogP contribution in [0.3, 0.4) is 0 Å². The number of carbonyl (C=O) groups is 2. The second-order valence-corrected chi connectivity index (χ2v) is 9.70. The van der Waals surface area contributed by atoms with Gasteiger partial charge in [-0.3, -0.25) is 9.59 Å². The number of carbonyl (C=O) groups excluding carboxylic acids is 2. The van der Waals surface area contributed by atoms with E-state index in [1.807, 2.05) is 11.0 Å². The summed E-state index contributed by atoms with van der Waals surface area (Å²) < 4.78 is 11.9. The Morgan fingerprint density at radius 1 is 1.22 bits per heavy atom. The quantitative estimate of drug-likeness (QED) is 0.487. The van der Waals surface area contributed by atoms with E-state index in [1.54, 1.807) is 44.1 Å². The van der Waals surface area contributed by atoms with Crippen LogP contribution in [0.15, 0.2) is 28.7 Å². The Bertz CT molecular complexity index is 1290. The van der Waals surface area contributed by atoms with Gasteiger partial charge in [-0.05, 0) is 24.3 Å². The molecule has 5 rings (SSSR count). The summed E-state index contributed by atoms with van der Waals surface area (Å²) in [6.07, 6.45) is 0. The van der Waals surface area contributed by atoms with Gasteiger partial charge in [-0.25, -0.2) is 9.97 Å². The SMILES string of the molecule is Cc1nc2cc(NC(=O)c3cc4sc(N5CCOCC5C(=O)N(C)C)nc4s3)ccc2o1. The molecule has 0 bridgehead atoms. The van der Waals surface area contributed by atoms with Gasteiger partial charge in [-0.15, -0.1) is 11.3 Å². The summed E-state index contributed by atoms with van der Waals surface area (Å²) in [6.45, 7) is 3.27. The van der Waals surface area contributed by atoms with Crippen LogP contribution in [0, 0.1) is 6.92 Å². The molecular weight excluding hydrogens is 450 g/mol. The first-order chi connectivity index (χ1) is 15.4. The molecule has 1 aliphatic heterocycles. The topological polar surface area (TPSA) is 101 Å². The predicted molar refractivity (Wildman–Crippen MR) is 125 cm³/mol. The zero-order valence-corrected chi connectivity index (χ0v) is 19.4. The van der Waals surface area contributed by atoms with Crippen molar-refractivity contribution in [1.29, 1.82) is 0 Å². The predicted octanol–water partition coefficient (Wildman–Crippen LogP) is 3.35. The van der Waals surface area contributed by atoms with Gasteiger partial charge in [-0.1, -0.05) is 11.3 Å². The number of oxazole rings is 1. The highest BCUT2D eigenvalue weighted by molar-refractivity contribution is 7.29. The number of amides is 2. The van der Waals surface area contributed by atoms with Crippen LogP contribution in [0.25, 0.3) is 20.6 Å². The lowest BCUT2D eigenvalue weighted by atomic mass is 10.2. The summed E-state index contributed by atoms with van der Waals surface area (Å²) in [5.74, 6) is 0.370. The molecule has 0 spiro atoms. The Kier molecular flexibility index (Phi) is 5.31. The maximum atomic E-state index is 12.8. The first-order valence-electron chi connectivity index (χ1n) is 10.0. The Morgan fingerprint density at radius 3 is 2.84 bits per heavy atom. The fourth-order valence-corrected chi connectivity index (χ4v) is 5.79. The Morgan fingerprint density at radius 2 is 2.06 bits per heavy atom. The van der Waals surface area contributed by atoms with Crippen molar-refractivity contribution in [2.75, 3.05) is 44.1 Å². The second kappa shape index (κ2) is 8.15. The molecule has 0 saturated carbocycles. The number of nitrogens with one attached hydrogen (secondary N) is 1. The standard InChI is InChI=1S/C21H21N5O4S2/c1-11-22-13-8-12(4-5-15(13)30-11)23-18(27)16-9-17-19(31-16)24-21(32-17)26-6-7-29-10-14(26)20(28)25(2)3/h4-5,8-9,14H,6-7,10H2,1-3H3,(H,23,27). The van der Waals surface area contributed by atoms with Crippen molar-refractivity contribution in [3.63, 3.8) is 0 Å². The maximum absolute atomic E-state index is 12.8. The highest BCUT2D eigenvalue weighted by Crippen LogP contribution is 2.36. The first-order valence-corrected chi connectivity index (χ1v) is 11.7. The molecule has 166 valence electrons. The van der Waals surface area contributed by atoms with E-state index in [9.17, 15) is 9.59 Å². The number of hydrogen-bond donors (Lipinski definition) is 1. The first kappa shape index (κ1) is 20.9. The summed E-state index contributed by atoms with van der Waals surface area (Å²) >= 11 is 2.82. The van der Waals surface area contributed by atoms with Gasteiger partial charge >= 0.3 is 0 Å². The Labute approximate surface area is 191 Å². The number of hydrogen-bond acceptors (Lipinski definition) is 9. The summed E-state index contributed by atoms with van der Waals surface area (Å²) in [7, 11) is 3.48. The monoisotopic (exact) mass is 471 g/mol. The number of likely N-dealkylation sites (N-methyl/N-ethyl adjacent to an activating group) is 1. The molecule has 0 radical (unpaired) electrons. The van der Waals surface area contributed by atoms with Crippen LogP contribution in [0.2, 0.25) is 0 Å². The lowest BCUT2D eigenvalue weighted by Gasteiger charge is -2.35. The van der Waals surface area contributed by atoms with E-state index in [4.69, 9.17) is 14.1 Å². The second-order valence-electron chi connectivity index (χ2n) is 7.66. The lowest BCUT2D eigenvalue weighted by Crippen LogP contribution is -2.53. The number of aryl methyl sites for hydroxylation is 1. The molecule has 9 nitrogen and oxygen atoms in total. The van der Waals surface area contributed by atoms with Crippen molar-refractivity contribution in [3.05, 3.63) is 35.0 Å². The number of thiazole rings is 1. The summed E-state index contributed by atoms with van der Waals surface area (Å²) in [5, 5.41) is 3.68. The minimum Gasteiger partial charge on any atom is -0.441 e. The van der Waals surface area contributed by atoms with Crippen molar-refractivity contribution in [1.82, 2.24) is 14.9 Å². The average molecular weight is 472 g/mol. The van der Waals surface area contributed by atoms with E-state index >= 15 is 0 Å². The van der Waals surface area contributed by atoms with E-state index in [0.717, 1.165) is 14.7 Å². The molecule has 1 saturated heterocycles. The average Bonchev–Trinajstić information content (AvgIpc) is 3.44. The number of fused-ring (bicyclic) bond motifs is 2. The highest BCUT2D eigenvalue weighted by Gasteiger charge is 2.32. The fourth-order valence-electron chi connectivity index (χ4n) is 3.61. The molecule has 1 fully saturated rings. The van der Waals surface area contributed by atoms with Crippen LogP contribution in [-0.2, 0) is 9.53 Å². The van der Waals surface area contributed by atoms with Crippen LogP contribution in [-0.4, -0.2) is 66.6 Å². The molecule has 4 heterocycles. The zero-order chi connectivity index (χ0) is 22.4. The van der Waals surface area contributed by atoms with Crippen LogP contribution in [0.4, 0.5) is 10.8 Å².